The highest BCUT2D eigenvalue weighted by Crippen LogP contribution is 2.27. The molecule has 1 aliphatic rings. The van der Waals surface area contributed by atoms with Crippen molar-refractivity contribution in [3.63, 3.8) is 0 Å². The number of hydrogen-bond acceptors (Lipinski definition) is 4. The van der Waals surface area contributed by atoms with E-state index in [4.69, 9.17) is 4.74 Å². The second-order valence-corrected chi connectivity index (χ2v) is 6.33. The van der Waals surface area contributed by atoms with Crippen LogP contribution >= 0.6 is 0 Å². The Bertz CT molecular complexity index is 648. The van der Waals surface area contributed by atoms with Crippen LogP contribution in [0.15, 0.2) is 40.8 Å². The predicted octanol–water partition coefficient (Wildman–Crippen LogP) is 1.10. The Labute approximate surface area is 117 Å². The summed E-state index contributed by atoms with van der Waals surface area (Å²) in [5.41, 5.74) is 0.523. The number of sulfonamides is 1. The van der Waals surface area contributed by atoms with E-state index < -0.39 is 22.0 Å². The van der Waals surface area contributed by atoms with Gasteiger partial charge in [-0.1, -0.05) is 6.08 Å². The van der Waals surface area contributed by atoms with E-state index in [1.807, 2.05) is 0 Å². The molecule has 108 valence electrons. The fraction of sp³-hybridized carbons (Fsp3) is 0.308. The quantitative estimate of drug-likeness (QED) is 0.841. The average Bonchev–Trinajstić information content (AvgIpc) is 2.81. The fourth-order valence-corrected chi connectivity index (χ4v) is 3.67. The van der Waals surface area contributed by atoms with Gasteiger partial charge in [-0.25, -0.2) is 8.42 Å². The second-order valence-electron chi connectivity index (χ2n) is 4.44. The average molecular weight is 297 g/mol. The lowest BCUT2D eigenvalue weighted by Crippen LogP contribution is -2.42. The van der Waals surface area contributed by atoms with Gasteiger partial charge in [0.05, 0.1) is 12.0 Å². The van der Waals surface area contributed by atoms with Crippen LogP contribution in [0.3, 0.4) is 0 Å². The molecule has 0 saturated carbocycles. The Kier molecular flexibility index (Phi) is 3.82. The summed E-state index contributed by atoms with van der Waals surface area (Å²) < 4.78 is 30.9. The third-order valence-corrected chi connectivity index (χ3v) is 5.06. The lowest BCUT2D eigenvalue weighted by molar-refractivity contribution is -0.139. The maximum absolute atomic E-state index is 12.5. The van der Waals surface area contributed by atoms with Crippen molar-refractivity contribution in [3.8, 4) is 5.75 Å². The lowest BCUT2D eigenvalue weighted by atomic mass is 10.2. The summed E-state index contributed by atoms with van der Waals surface area (Å²) in [5.74, 6) is -0.636. The Morgan fingerprint density at radius 2 is 1.95 bits per heavy atom. The molecule has 0 unspecified atom stereocenters. The van der Waals surface area contributed by atoms with E-state index in [1.54, 1.807) is 13.0 Å². The molecular weight excluding hydrogens is 282 g/mol. The molecule has 7 heteroatoms. The van der Waals surface area contributed by atoms with Gasteiger partial charge in [0.25, 0.3) is 0 Å². The Balaban J connectivity index is 2.37. The molecule has 0 aliphatic carbocycles. The van der Waals surface area contributed by atoms with Crippen molar-refractivity contribution in [1.82, 2.24) is 4.31 Å². The molecule has 1 aromatic carbocycles. The summed E-state index contributed by atoms with van der Waals surface area (Å²) in [6, 6.07) is 4.72. The molecule has 1 aliphatic heterocycles. The normalized spacial score (nSPS) is 19.7. The number of ether oxygens (including phenoxy) is 1. The van der Waals surface area contributed by atoms with Gasteiger partial charge in [-0.15, -0.1) is 0 Å². The number of carboxylic acid groups (broad SMARTS) is 1. The molecule has 2 rings (SSSR count). The standard InChI is InChI=1S/C13H15NO5S/c1-9-7-8-14(12(9)13(15)16)20(17,18)11-5-3-10(19-2)4-6-11/h3-7,12H,8H2,1-2H3,(H,15,16)/t12-/m0/s1. The van der Waals surface area contributed by atoms with Crippen LogP contribution in [0.5, 0.6) is 5.75 Å². The van der Waals surface area contributed by atoms with E-state index in [0.29, 0.717) is 11.3 Å². The van der Waals surface area contributed by atoms with Crippen LogP contribution in [0.4, 0.5) is 0 Å². The smallest absolute Gasteiger partial charge is 0.326 e. The van der Waals surface area contributed by atoms with Crippen molar-refractivity contribution in [3.05, 3.63) is 35.9 Å². The van der Waals surface area contributed by atoms with Crippen LogP contribution in [-0.2, 0) is 14.8 Å². The molecule has 0 bridgehead atoms. The van der Waals surface area contributed by atoms with E-state index in [1.165, 1.54) is 31.4 Å². The monoisotopic (exact) mass is 297 g/mol. The maximum Gasteiger partial charge on any atom is 0.326 e. The van der Waals surface area contributed by atoms with Crippen molar-refractivity contribution < 1.29 is 23.1 Å². The maximum atomic E-state index is 12.5. The summed E-state index contributed by atoms with van der Waals surface area (Å²) in [6.45, 7) is 1.68. The molecule has 1 atom stereocenters. The Morgan fingerprint density at radius 1 is 1.35 bits per heavy atom. The molecule has 0 radical (unpaired) electrons. The molecule has 0 fully saturated rings. The molecule has 0 spiro atoms. The van der Waals surface area contributed by atoms with Gasteiger partial charge in [0.15, 0.2) is 0 Å². The van der Waals surface area contributed by atoms with Crippen LogP contribution in [0.1, 0.15) is 6.92 Å². The minimum atomic E-state index is -3.85. The van der Waals surface area contributed by atoms with Crippen LogP contribution in [0, 0.1) is 0 Å². The summed E-state index contributed by atoms with van der Waals surface area (Å²) in [7, 11) is -2.36. The molecule has 0 saturated heterocycles. The Morgan fingerprint density at radius 3 is 2.45 bits per heavy atom. The van der Waals surface area contributed by atoms with Gasteiger partial charge < -0.3 is 9.84 Å². The van der Waals surface area contributed by atoms with Gasteiger partial charge in [-0.2, -0.15) is 4.31 Å². The van der Waals surface area contributed by atoms with Crippen LogP contribution in [0.25, 0.3) is 0 Å². The van der Waals surface area contributed by atoms with Crippen molar-refractivity contribution in [2.45, 2.75) is 17.9 Å². The molecule has 0 aromatic heterocycles. The van der Waals surface area contributed by atoms with E-state index in [-0.39, 0.29) is 11.4 Å². The van der Waals surface area contributed by atoms with E-state index in [0.717, 1.165) is 4.31 Å². The second kappa shape index (κ2) is 5.26. The number of carbonyl (C=O) groups is 1. The molecular formula is C13H15NO5S. The molecule has 1 N–H and O–H groups in total. The molecule has 1 heterocycles. The molecule has 6 nitrogen and oxygen atoms in total. The molecule has 0 amide bonds. The van der Waals surface area contributed by atoms with Gasteiger partial charge in [-0.3, -0.25) is 4.79 Å². The summed E-state index contributed by atoms with van der Waals surface area (Å²) in [5, 5.41) is 9.18. The minimum absolute atomic E-state index is 0.0488. The number of benzene rings is 1. The zero-order valence-corrected chi connectivity index (χ0v) is 11.9. The number of nitrogens with zero attached hydrogens (tertiary/aromatic N) is 1. The number of aliphatic carboxylic acids is 1. The van der Waals surface area contributed by atoms with E-state index in [2.05, 4.69) is 0 Å². The van der Waals surface area contributed by atoms with Gasteiger partial charge in [0, 0.05) is 6.54 Å². The van der Waals surface area contributed by atoms with Crippen molar-refractivity contribution in [2.75, 3.05) is 13.7 Å². The number of rotatable bonds is 4. The highest BCUT2D eigenvalue weighted by molar-refractivity contribution is 7.89. The first-order chi connectivity index (χ1) is 9.37. The van der Waals surface area contributed by atoms with Crippen molar-refractivity contribution in [2.24, 2.45) is 0 Å². The summed E-state index contributed by atoms with van der Waals surface area (Å²) >= 11 is 0. The van der Waals surface area contributed by atoms with Crippen LogP contribution < -0.4 is 4.74 Å². The first kappa shape index (κ1) is 14.5. The Hall–Kier alpha value is -1.86. The lowest BCUT2D eigenvalue weighted by Gasteiger charge is -2.22. The first-order valence-corrected chi connectivity index (χ1v) is 7.37. The predicted molar refractivity (Wildman–Crippen MR) is 72.1 cm³/mol. The van der Waals surface area contributed by atoms with Gasteiger partial charge in [0.1, 0.15) is 11.8 Å². The topological polar surface area (TPSA) is 83.9 Å². The highest BCUT2D eigenvalue weighted by Gasteiger charge is 2.39. The third-order valence-electron chi connectivity index (χ3n) is 3.21. The van der Waals surface area contributed by atoms with E-state index in [9.17, 15) is 18.3 Å². The van der Waals surface area contributed by atoms with E-state index >= 15 is 0 Å². The third kappa shape index (κ3) is 2.41. The van der Waals surface area contributed by atoms with Crippen LogP contribution in [-0.4, -0.2) is 43.5 Å². The van der Waals surface area contributed by atoms with Crippen LogP contribution in [0.2, 0.25) is 0 Å². The van der Waals surface area contributed by atoms with Gasteiger partial charge in [0.2, 0.25) is 10.0 Å². The zero-order valence-electron chi connectivity index (χ0n) is 11.1. The van der Waals surface area contributed by atoms with Gasteiger partial charge >= 0.3 is 5.97 Å². The van der Waals surface area contributed by atoms with Gasteiger partial charge in [-0.05, 0) is 36.8 Å². The number of carboxylic acids is 1. The molecule has 20 heavy (non-hydrogen) atoms. The van der Waals surface area contributed by atoms with Crippen molar-refractivity contribution in [1.29, 1.82) is 0 Å². The highest BCUT2D eigenvalue weighted by atomic mass is 32.2. The minimum Gasteiger partial charge on any atom is -0.497 e. The summed E-state index contributed by atoms with van der Waals surface area (Å²) in [4.78, 5) is 11.3. The summed E-state index contributed by atoms with van der Waals surface area (Å²) in [6.07, 6.45) is 1.61. The molecule has 1 aromatic rings. The fourth-order valence-electron chi connectivity index (χ4n) is 2.12. The van der Waals surface area contributed by atoms with Crippen molar-refractivity contribution >= 4 is 16.0 Å². The number of methoxy groups -OCH3 is 1. The largest absolute Gasteiger partial charge is 0.497 e. The SMILES string of the molecule is COc1ccc(S(=O)(=O)N2CC=C(C)[C@H]2C(=O)O)cc1. The first-order valence-electron chi connectivity index (χ1n) is 5.93. The zero-order chi connectivity index (χ0) is 14.9. The number of hydrogen-bond donors (Lipinski definition) is 1.